The van der Waals surface area contributed by atoms with Crippen LogP contribution >= 0.6 is 0 Å². The third kappa shape index (κ3) is 1.94. The van der Waals surface area contributed by atoms with E-state index in [1.165, 1.54) is 0 Å². The van der Waals surface area contributed by atoms with E-state index in [1.54, 1.807) is 4.90 Å². The summed E-state index contributed by atoms with van der Waals surface area (Å²) in [7, 11) is 0. The average Bonchev–Trinajstić information content (AvgIpc) is 2.17. The van der Waals surface area contributed by atoms with Gasteiger partial charge in [-0.3, -0.25) is 4.90 Å². The van der Waals surface area contributed by atoms with Crippen LogP contribution < -0.4 is 5.32 Å². The Labute approximate surface area is 89.4 Å². The van der Waals surface area contributed by atoms with Crippen molar-refractivity contribution in [1.82, 2.24) is 10.2 Å². The van der Waals surface area contributed by atoms with Gasteiger partial charge in [0.1, 0.15) is 5.60 Å². The van der Waals surface area contributed by atoms with Gasteiger partial charge in [0.2, 0.25) is 0 Å². The molecule has 0 aromatic rings. The van der Waals surface area contributed by atoms with Crippen LogP contribution in [0.15, 0.2) is 0 Å². The number of hydrogen-bond acceptors (Lipinski definition) is 4. The van der Waals surface area contributed by atoms with Gasteiger partial charge in [-0.05, 0) is 20.8 Å². The smallest absolute Gasteiger partial charge is 0.410 e. The van der Waals surface area contributed by atoms with Crippen molar-refractivity contribution >= 4 is 6.09 Å². The van der Waals surface area contributed by atoms with E-state index in [0.29, 0.717) is 6.54 Å². The molecule has 1 amide bonds. The van der Waals surface area contributed by atoms with Crippen LogP contribution in [-0.4, -0.2) is 53.0 Å². The van der Waals surface area contributed by atoms with Crippen molar-refractivity contribution in [1.29, 1.82) is 0 Å². The molecule has 0 saturated carbocycles. The number of carbonyl (C=O) groups excluding carboxylic acids is 1. The number of nitrogens with one attached hydrogen (secondary N) is 1. The Morgan fingerprint density at radius 3 is 2.60 bits per heavy atom. The number of ether oxygens (including phenoxy) is 1. The van der Waals surface area contributed by atoms with Crippen molar-refractivity contribution in [3.63, 3.8) is 0 Å². The molecule has 2 aliphatic rings. The summed E-state index contributed by atoms with van der Waals surface area (Å²) >= 11 is 0. The number of carbonyl (C=O) groups is 1. The van der Waals surface area contributed by atoms with Crippen LogP contribution in [0.5, 0.6) is 0 Å². The number of β-amino-alcohol motifs (C(OH)–C–C–N with tert-alkyl or cyclic N) is 1. The van der Waals surface area contributed by atoms with E-state index >= 15 is 0 Å². The number of fused-ring (bicyclic) bond motifs is 1. The highest BCUT2D eigenvalue weighted by Gasteiger charge is 2.49. The molecule has 5 nitrogen and oxygen atoms in total. The molecule has 0 spiro atoms. The topological polar surface area (TPSA) is 61.8 Å². The molecule has 0 aromatic carbocycles. The fourth-order valence-electron chi connectivity index (χ4n) is 2.04. The Balaban J connectivity index is 1.97. The number of aliphatic hydroxyl groups excluding tert-OH is 1. The largest absolute Gasteiger partial charge is 0.444 e. The van der Waals surface area contributed by atoms with Gasteiger partial charge in [-0.15, -0.1) is 0 Å². The van der Waals surface area contributed by atoms with Crippen LogP contribution in [0.2, 0.25) is 0 Å². The molecule has 0 unspecified atom stereocenters. The zero-order valence-corrected chi connectivity index (χ0v) is 9.36. The Kier molecular flexibility index (Phi) is 2.39. The first-order valence-electron chi connectivity index (χ1n) is 5.29. The second-order valence-corrected chi connectivity index (χ2v) is 5.20. The zero-order valence-electron chi connectivity index (χ0n) is 9.36. The summed E-state index contributed by atoms with van der Waals surface area (Å²) in [6, 6.07) is 0.146. The highest BCUT2D eigenvalue weighted by molar-refractivity contribution is 5.69. The lowest BCUT2D eigenvalue weighted by Crippen LogP contribution is -2.62. The first-order valence-corrected chi connectivity index (χ1v) is 5.29. The number of aliphatic hydroxyl groups is 1. The molecular formula is C10H18N2O3. The summed E-state index contributed by atoms with van der Waals surface area (Å²) in [5.41, 5.74) is -0.475. The maximum Gasteiger partial charge on any atom is 0.410 e. The zero-order chi connectivity index (χ0) is 11.2. The summed E-state index contributed by atoms with van der Waals surface area (Å²) < 4.78 is 5.27. The normalized spacial score (nSPS) is 34.7. The van der Waals surface area contributed by atoms with Crippen molar-refractivity contribution in [3.8, 4) is 0 Å². The van der Waals surface area contributed by atoms with Gasteiger partial charge in [-0.1, -0.05) is 0 Å². The lowest BCUT2D eigenvalue weighted by Gasteiger charge is -2.37. The van der Waals surface area contributed by atoms with E-state index < -0.39 is 11.7 Å². The standard InChI is InChI=1S/C10H18N2O3/c1-10(2,3)15-9(14)12-5-7(13)8-6(12)4-11-8/h6-8,11,13H,4-5H2,1-3H3/t6-,7+,8+/m0/s1. The predicted molar refractivity (Wildman–Crippen MR) is 54.5 cm³/mol. The Hall–Kier alpha value is -0.810. The molecule has 0 aromatic heterocycles. The maximum absolute atomic E-state index is 11.8. The van der Waals surface area contributed by atoms with Crippen LogP contribution in [0.25, 0.3) is 0 Å². The maximum atomic E-state index is 11.8. The first-order chi connectivity index (χ1) is 6.88. The summed E-state index contributed by atoms with van der Waals surface area (Å²) in [4.78, 5) is 13.4. The van der Waals surface area contributed by atoms with Crippen LogP contribution in [-0.2, 0) is 4.74 Å². The molecule has 15 heavy (non-hydrogen) atoms. The Morgan fingerprint density at radius 1 is 1.53 bits per heavy atom. The number of nitrogens with zero attached hydrogens (tertiary/aromatic N) is 1. The average molecular weight is 214 g/mol. The van der Waals surface area contributed by atoms with Gasteiger partial charge in [0.25, 0.3) is 0 Å². The Morgan fingerprint density at radius 2 is 2.20 bits per heavy atom. The molecule has 5 heteroatoms. The second kappa shape index (κ2) is 3.35. The minimum atomic E-state index is -0.475. The highest BCUT2D eigenvalue weighted by atomic mass is 16.6. The molecular weight excluding hydrogens is 196 g/mol. The van der Waals surface area contributed by atoms with Gasteiger partial charge in [-0.2, -0.15) is 0 Å². The predicted octanol–water partition coefficient (Wildman–Crippen LogP) is -0.0616. The number of amides is 1. The third-order valence-electron chi connectivity index (χ3n) is 2.80. The number of likely N-dealkylation sites (tertiary alicyclic amines) is 1. The number of rotatable bonds is 0. The van der Waals surface area contributed by atoms with E-state index in [2.05, 4.69) is 5.32 Å². The fourth-order valence-corrected chi connectivity index (χ4v) is 2.04. The van der Waals surface area contributed by atoms with E-state index in [0.717, 1.165) is 6.54 Å². The molecule has 3 atom stereocenters. The van der Waals surface area contributed by atoms with Gasteiger partial charge in [0, 0.05) is 6.54 Å². The van der Waals surface area contributed by atoms with Crippen LogP contribution in [0, 0.1) is 0 Å². The lowest BCUT2D eigenvalue weighted by atomic mass is 10.00. The van der Waals surface area contributed by atoms with Crippen LogP contribution in [0.1, 0.15) is 20.8 Å². The molecule has 86 valence electrons. The highest BCUT2D eigenvalue weighted by Crippen LogP contribution is 2.26. The molecule has 2 aliphatic heterocycles. The molecule has 2 rings (SSSR count). The minimum Gasteiger partial charge on any atom is -0.444 e. The van der Waals surface area contributed by atoms with E-state index in [-0.39, 0.29) is 18.2 Å². The van der Waals surface area contributed by atoms with Gasteiger partial charge >= 0.3 is 6.09 Å². The van der Waals surface area contributed by atoms with E-state index in [4.69, 9.17) is 4.74 Å². The molecule has 2 heterocycles. The Bertz CT molecular complexity index is 274. The van der Waals surface area contributed by atoms with Gasteiger partial charge in [-0.25, -0.2) is 4.79 Å². The quantitative estimate of drug-likeness (QED) is 0.593. The summed E-state index contributed by atoms with van der Waals surface area (Å²) in [6.45, 7) is 6.65. The van der Waals surface area contributed by atoms with Crippen molar-refractivity contribution < 1.29 is 14.6 Å². The second-order valence-electron chi connectivity index (χ2n) is 5.20. The van der Waals surface area contributed by atoms with Gasteiger partial charge in [0.05, 0.1) is 24.7 Å². The van der Waals surface area contributed by atoms with Crippen molar-refractivity contribution in [3.05, 3.63) is 0 Å². The summed E-state index contributed by atoms with van der Waals surface area (Å²) in [5.74, 6) is 0. The van der Waals surface area contributed by atoms with E-state index in [1.807, 2.05) is 20.8 Å². The van der Waals surface area contributed by atoms with Gasteiger partial charge in [0.15, 0.2) is 0 Å². The van der Waals surface area contributed by atoms with Crippen molar-refractivity contribution in [2.45, 2.75) is 44.6 Å². The molecule has 2 N–H and O–H groups in total. The SMILES string of the molecule is CC(C)(C)OC(=O)N1C[C@@H](O)[C@@H]2NC[C@@H]21. The summed E-state index contributed by atoms with van der Waals surface area (Å²) in [5, 5.41) is 12.7. The van der Waals surface area contributed by atoms with E-state index in [9.17, 15) is 9.90 Å². The number of hydrogen-bond donors (Lipinski definition) is 2. The summed E-state index contributed by atoms with van der Waals surface area (Å²) in [6.07, 6.45) is -0.785. The third-order valence-corrected chi connectivity index (χ3v) is 2.80. The van der Waals surface area contributed by atoms with Crippen molar-refractivity contribution in [2.75, 3.05) is 13.1 Å². The molecule has 0 aliphatic carbocycles. The van der Waals surface area contributed by atoms with Crippen molar-refractivity contribution in [2.24, 2.45) is 0 Å². The molecule has 2 saturated heterocycles. The fraction of sp³-hybridized carbons (Fsp3) is 0.900. The minimum absolute atomic E-state index is 0.0394. The molecule has 0 radical (unpaired) electrons. The van der Waals surface area contributed by atoms with Crippen LogP contribution in [0.3, 0.4) is 0 Å². The first kappa shape index (κ1) is 10.7. The monoisotopic (exact) mass is 214 g/mol. The lowest BCUT2D eigenvalue weighted by molar-refractivity contribution is 0.0171. The van der Waals surface area contributed by atoms with Crippen LogP contribution in [0.4, 0.5) is 4.79 Å². The van der Waals surface area contributed by atoms with Gasteiger partial charge < -0.3 is 15.2 Å². The molecule has 2 fully saturated rings. The molecule has 0 bridgehead atoms.